The Balaban J connectivity index is 1.73. The maximum atomic E-state index is 13.3. The Morgan fingerprint density at radius 3 is 2.59 bits per heavy atom. The van der Waals surface area contributed by atoms with Crippen LogP contribution in [0.2, 0.25) is 0 Å². The highest BCUT2D eigenvalue weighted by molar-refractivity contribution is 6.07. The summed E-state index contributed by atoms with van der Waals surface area (Å²) >= 11 is 0. The van der Waals surface area contributed by atoms with E-state index >= 15 is 0 Å². The number of piperazine rings is 1. The summed E-state index contributed by atoms with van der Waals surface area (Å²) in [6.07, 6.45) is 0.430. The van der Waals surface area contributed by atoms with Gasteiger partial charge in [0.1, 0.15) is 6.04 Å². The number of aromatic nitrogens is 1. The molecule has 2 N–H and O–H groups in total. The Kier molecular flexibility index (Phi) is 4.46. The number of rotatable bonds is 3. The fraction of sp³-hybridized carbons (Fsp3) is 0.190. The molecule has 1 atom stereocenters. The van der Waals surface area contributed by atoms with Gasteiger partial charge in [0.25, 0.3) is 5.91 Å². The molecule has 1 fully saturated rings. The first-order valence-corrected chi connectivity index (χ1v) is 8.88. The van der Waals surface area contributed by atoms with Crippen LogP contribution in [0.25, 0.3) is 10.9 Å². The third kappa shape index (κ3) is 3.33. The number of carbonyl (C=O) groups is 2. The first-order valence-electron chi connectivity index (χ1n) is 8.88. The maximum absolute atomic E-state index is 13.3. The monoisotopic (exact) mass is 361 g/mol. The predicted octanol–water partition coefficient (Wildman–Crippen LogP) is 1.71. The van der Waals surface area contributed by atoms with Crippen molar-refractivity contribution in [2.75, 3.05) is 13.1 Å². The molecule has 0 radical (unpaired) electrons. The molecule has 0 aliphatic carbocycles. The minimum Gasteiger partial charge on any atom is -0.353 e. The van der Waals surface area contributed by atoms with E-state index in [-0.39, 0.29) is 17.4 Å². The average Bonchev–Trinajstić information content (AvgIpc) is 2.69. The Hall–Kier alpha value is -3.41. The molecular weight excluding hydrogens is 342 g/mol. The molecule has 27 heavy (non-hydrogen) atoms. The molecule has 0 bridgehead atoms. The molecule has 1 aliphatic heterocycles. The molecule has 6 heteroatoms. The Morgan fingerprint density at radius 1 is 1.04 bits per heavy atom. The summed E-state index contributed by atoms with van der Waals surface area (Å²) < 4.78 is 0. The highest BCUT2D eigenvalue weighted by Gasteiger charge is 2.34. The van der Waals surface area contributed by atoms with Crippen molar-refractivity contribution in [1.82, 2.24) is 15.2 Å². The highest BCUT2D eigenvalue weighted by Crippen LogP contribution is 2.20. The molecule has 3 aromatic rings. The van der Waals surface area contributed by atoms with Gasteiger partial charge in [-0.3, -0.25) is 14.4 Å². The zero-order chi connectivity index (χ0) is 18.8. The van der Waals surface area contributed by atoms with Gasteiger partial charge in [-0.2, -0.15) is 0 Å². The van der Waals surface area contributed by atoms with Gasteiger partial charge in [0, 0.05) is 36.5 Å². The van der Waals surface area contributed by atoms with E-state index in [2.05, 4.69) is 10.3 Å². The van der Waals surface area contributed by atoms with Crippen LogP contribution in [-0.2, 0) is 11.2 Å². The third-order valence-corrected chi connectivity index (χ3v) is 4.84. The number of hydrogen-bond donors (Lipinski definition) is 2. The van der Waals surface area contributed by atoms with Crippen LogP contribution in [0.3, 0.4) is 0 Å². The summed E-state index contributed by atoms with van der Waals surface area (Å²) in [5.74, 6) is -0.472. The van der Waals surface area contributed by atoms with Gasteiger partial charge in [-0.15, -0.1) is 0 Å². The lowest BCUT2D eigenvalue weighted by Gasteiger charge is -2.35. The topological polar surface area (TPSA) is 82.3 Å². The minimum atomic E-state index is -0.605. The summed E-state index contributed by atoms with van der Waals surface area (Å²) in [4.78, 5) is 42.1. The van der Waals surface area contributed by atoms with Gasteiger partial charge in [-0.1, -0.05) is 48.5 Å². The lowest BCUT2D eigenvalue weighted by Crippen LogP contribution is -2.58. The van der Waals surface area contributed by atoms with Crippen molar-refractivity contribution >= 4 is 22.7 Å². The van der Waals surface area contributed by atoms with E-state index in [9.17, 15) is 14.4 Å². The Labute approximate surface area is 155 Å². The number of amides is 2. The molecule has 2 heterocycles. The molecule has 1 aliphatic rings. The second-order valence-corrected chi connectivity index (χ2v) is 6.59. The number of nitrogens with one attached hydrogen (secondary N) is 2. The lowest BCUT2D eigenvalue weighted by molar-refractivity contribution is -0.127. The SMILES string of the molecule is O=C1NCCN(C(=O)c2cc(=O)[nH]c3ccccc23)C1Cc1ccccc1. The minimum absolute atomic E-state index is 0.174. The number of aromatic amines is 1. The van der Waals surface area contributed by atoms with E-state index in [1.807, 2.05) is 36.4 Å². The first kappa shape index (κ1) is 17.0. The fourth-order valence-electron chi connectivity index (χ4n) is 3.53. The van der Waals surface area contributed by atoms with Crippen LogP contribution < -0.4 is 10.9 Å². The normalized spacial score (nSPS) is 17.0. The zero-order valence-electron chi connectivity index (χ0n) is 14.6. The standard InChI is InChI=1S/C21H19N3O3/c25-19-13-16(15-8-4-5-9-17(15)23-19)21(27)24-11-10-22-20(26)18(24)12-14-6-2-1-3-7-14/h1-9,13,18H,10-12H2,(H,22,26)(H,23,25). The average molecular weight is 361 g/mol. The predicted molar refractivity (Wildman–Crippen MR) is 103 cm³/mol. The lowest BCUT2D eigenvalue weighted by atomic mass is 10.00. The third-order valence-electron chi connectivity index (χ3n) is 4.84. The molecule has 0 saturated carbocycles. The van der Waals surface area contributed by atoms with Gasteiger partial charge in [-0.05, 0) is 11.6 Å². The van der Waals surface area contributed by atoms with Crippen LogP contribution in [0.4, 0.5) is 0 Å². The van der Waals surface area contributed by atoms with Gasteiger partial charge >= 0.3 is 0 Å². The second kappa shape index (κ2) is 7.07. The first-order chi connectivity index (χ1) is 13.1. The summed E-state index contributed by atoms with van der Waals surface area (Å²) in [5, 5.41) is 3.51. The van der Waals surface area contributed by atoms with Crippen LogP contribution in [0.1, 0.15) is 15.9 Å². The van der Waals surface area contributed by atoms with Crippen molar-refractivity contribution < 1.29 is 9.59 Å². The second-order valence-electron chi connectivity index (χ2n) is 6.59. The fourth-order valence-corrected chi connectivity index (χ4v) is 3.53. The van der Waals surface area contributed by atoms with Gasteiger partial charge in [0.05, 0.1) is 5.56 Å². The number of carbonyl (C=O) groups excluding carboxylic acids is 2. The molecule has 4 rings (SSSR count). The van der Waals surface area contributed by atoms with Gasteiger partial charge in [0.2, 0.25) is 11.5 Å². The number of fused-ring (bicyclic) bond motifs is 1. The van der Waals surface area contributed by atoms with Crippen molar-refractivity contribution in [2.45, 2.75) is 12.5 Å². The van der Waals surface area contributed by atoms with Crippen LogP contribution in [0.15, 0.2) is 65.5 Å². The van der Waals surface area contributed by atoms with E-state index in [0.29, 0.717) is 36.0 Å². The quantitative estimate of drug-likeness (QED) is 0.745. The van der Waals surface area contributed by atoms with E-state index in [0.717, 1.165) is 5.56 Å². The summed E-state index contributed by atoms with van der Waals surface area (Å²) in [6.45, 7) is 0.806. The van der Waals surface area contributed by atoms with Gasteiger partial charge in [0.15, 0.2) is 0 Å². The molecule has 2 aromatic carbocycles. The summed E-state index contributed by atoms with van der Waals surface area (Å²) in [5.41, 5.74) is 1.57. The molecule has 1 aromatic heterocycles. The molecule has 2 amide bonds. The number of pyridine rings is 1. The van der Waals surface area contributed by atoms with Crippen LogP contribution in [0, 0.1) is 0 Å². The van der Waals surface area contributed by atoms with Crippen LogP contribution >= 0.6 is 0 Å². The largest absolute Gasteiger partial charge is 0.353 e. The number of hydrogen-bond acceptors (Lipinski definition) is 3. The van der Waals surface area contributed by atoms with E-state index in [1.54, 1.807) is 23.1 Å². The van der Waals surface area contributed by atoms with Gasteiger partial charge < -0.3 is 15.2 Å². The molecule has 1 unspecified atom stereocenters. The van der Waals surface area contributed by atoms with Crippen molar-refractivity contribution in [3.05, 3.63) is 82.1 Å². The maximum Gasteiger partial charge on any atom is 0.255 e. The van der Waals surface area contributed by atoms with E-state index in [4.69, 9.17) is 0 Å². The number of benzene rings is 2. The van der Waals surface area contributed by atoms with Crippen molar-refractivity contribution in [2.24, 2.45) is 0 Å². The molecular formula is C21H19N3O3. The molecule has 136 valence electrons. The van der Waals surface area contributed by atoms with Crippen molar-refractivity contribution in [1.29, 1.82) is 0 Å². The Morgan fingerprint density at radius 2 is 1.78 bits per heavy atom. The number of nitrogens with zero attached hydrogens (tertiary/aromatic N) is 1. The zero-order valence-corrected chi connectivity index (χ0v) is 14.6. The number of H-pyrrole nitrogens is 1. The summed E-state index contributed by atoms with van der Waals surface area (Å²) in [7, 11) is 0. The van der Waals surface area contributed by atoms with Crippen LogP contribution in [-0.4, -0.2) is 40.8 Å². The van der Waals surface area contributed by atoms with Gasteiger partial charge in [-0.25, -0.2) is 0 Å². The van der Waals surface area contributed by atoms with Crippen molar-refractivity contribution in [3.63, 3.8) is 0 Å². The van der Waals surface area contributed by atoms with Crippen LogP contribution in [0.5, 0.6) is 0 Å². The molecule has 1 saturated heterocycles. The summed E-state index contributed by atoms with van der Waals surface area (Å²) in [6, 6.07) is 17.5. The molecule has 6 nitrogen and oxygen atoms in total. The van der Waals surface area contributed by atoms with Crippen molar-refractivity contribution in [3.8, 4) is 0 Å². The van der Waals surface area contributed by atoms with E-state index in [1.165, 1.54) is 6.07 Å². The number of para-hydroxylation sites is 1. The van der Waals surface area contributed by atoms with E-state index < -0.39 is 6.04 Å². The Bertz CT molecular complexity index is 1060. The smallest absolute Gasteiger partial charge is 0.255 e. The molecule has 0 spiro atoms. The highest BCUT2D eigenvalue weighted by atomic mass is 16.2.